The number of para-hydroxylation sites is 1. The van der Waals surface area contributed by atoms with Gasteiger partial charge in [-0.2, -0.15) is 0 Å². The van der Waals surface area contributed by atoms with Crippen molar-refractivity contribution in [1.82, 2.24) is 15.3 Å². The molecule has 2 aromatic rings. The van der Waals surface area contributed by atoms with E-state index in [4.69, 9.17) is 10.5 Å². The van der Waals surface area contributed by atoms with Gasteiger partial charge in [0.1, 0.15) is 18.2 Å². The molecular formula is C21H25N5O2. The van der Waals surface area contributed by atoms with Gasteiger partial charge in [0.2, 0.25) is 5.82 Å². The number of carbonyl (C=O) groups is 1. The van der Waals surface area contributed by atoms with Gasteiger partial charge in [0, 0.05) is 42.5 Å². The number of nitrogens with zero attached hydrogens (tertiary/aromatic N) is 3. The highest BCUT2D eigenvalue weighted by Crippen LogP contribution is 2.26. The van der Waals surface area contributed by atoms with Gasteiger partial charge in [-0.05, 0) is 38.0 Å². The van der Waals surface area contributed by atoms with Gasteiger partial charge >= 0.3 is 0 Å². The number of carbonyl (C=O) groups excluding carboxylic acids is 1. The van der Waals surface area contributed by atoms with E-state index in [0.717, 1.165) is 54.4 Å². The molecular weight excluding hydrogens is 354 g/mol. The van der Waals surface area contributed by atoms with Gasteiger partial charge in [-0.25, -0.2) is 9.97 Å². The molecule has 0 spiro atoms. The van der Waals surface area contributed by atoms with Crippen LogP contribution in [0.4, 0.5) is 5.82 Å². The smallest absolute Gasteiger partial charge is 0.286 e. The van der Waals surface area contributed by atoms with E-state index in [0.29, 0.717) is 12.6 Å². The number of anilines is 1. The van der Waals surface area contributed by atoms with E-state index in [1.54, 1.807) is 0 Å². The first kappa shape index (κ1) is 18.4. The van der Waals surface area contributed by atoms with Crippen LogP contribution in [0.15, 0.2) is 29.8 Å². The fraction of sp³-hybridized carbons (Fsp3) is 0.381. The molecule has 3 N–H and O–H groups in total. The van der Waals surface area contributed by atoms with E-state index < -0.39 is 5.91 Å². The lowest BCUT2D eigenvalue weighted by Gasteiger charge is -2.22. The zero-order valence-electron chi connectivity index (χ0n) is 16.2. The zero-order chi connectivity index (χ0) is 19.7. The SMILES string of the molecule is Cc1nc(C(N)=O)nc(N2CC[C@@H](NCC3=Cc4ccccc4OC3)C2)c1C. The second-order valence-electron chi connectivity index (χ2n) is 7.39. The van der Waals surface area contributed by atoms with Crippen molar-refractivity contribution in [3.63, 3.8) is 0 Å². The molecule has 2 aliphatic heterocycles. The first-order chi connectivity index (χ1) is 13.5. The van der Waals surface area contributed by atoms with Crippen LogP contribution in [0.2, 0.25) is 0 Å². The van der Waals surface area contributed by atoms with Crippen molar-refractivity contribution >= 4 is 17.8 Å². The van der Waals surface area contributed by atoms with E-state index in [1.807, 2.05) is 32.0 Å². The molecule has 7 nitrogen and oxygen atoms in total. The quantitative estimate of drug-likeness (QED) is 0.823. The van der Waals surface area contributed by atoms with Crippen LogP contribution < -0.4 is 20.7 Å². The van der Waals surface area contributed by atoms with E-state index in [9.17, 15) is 4.79 Å². The number of ether oxygens (including phenoxy) is 1. The van der Waals surface area contributed by atoms with Crippen molar-refractivity contribution in [1.29, 1.82) is 0 Å². The van der Waals surface area contributed by atoms with Gasteiger partial charge in [0.25, 0.3) is 5.91 Å². The van der Waals surface area contributed by atoms with E-state index >= 15 is 0 Å². The lowest BCUT2D eigenvalue weighted by Crippen LogP contribution is -2.35. The summed E-state index contributed by atoms with van der Waals surface area (Å²) in [6.45, 7) is 6.99. The van der Waals surface area contributed by atoms with Crippen molar-refractivity contribution in [3.8, 4) is 5.75 Å². The third kappa shape index (κ3) is 3.71. The summed E-state index contributed by atoms with van der Waals surface area (Å²) in [5.74, 6) is 1.23. The van der Waals surface area contributed by atoms with Gasteiger partial charge in [-0.15, -0.1) is 0 Å². The number of aromatic nitrogens is 2. The predicted octanol–water partition coefficient (Wildman–Crippen LogP) is 1.84. The molecule has 0 unspecified atom stereocenters. The molecule has 7 heteroatoms. The van der Waals surface area contributed by atoms with E-state index in [1.165, 1.54) is 5.57 Å². The van der Waals surface area contributed by atoms with Crippen molar-refractivity contribution in [3.05, 3.63) is 52.5 Å². The van der Waals surface area contributed by atoms with Crippen molar-refractivity contribution in [2.45, 2.75) is 26.3 Å². The Balaban J connectivity index is 1.40. The summed E-state index contributed by atoms with van der Waals surface area (Å²) < 4.78 is 5.83. The number of hydrogen-bond acceptors (Lipinski definition) is 6. The van der Waals surface area contributed by atoms with Crippen molar-refractivity contribution in [2.75, 3.05) is 31.1 Å². The van der Waals surface area contributed by atoms with Crippen LogP contribution in [0.25, 0.3) is 6.08 Å². The van der Waals surface area contributed by atoms with E-state index in [-0.39, 0.29) is 5.82 Å². The Morgan fingerprint density at radius 1 is 1.32 bits per heavy atom. The Hall–Kier alpha value is -2.93. The number of fused-ring (bicyclic) bond motifs is 1. The minimum atomic E-state index is -0.595. The molecule has 0 saturated carbocycles. The fourth-order valence-electron chi connectivity index (χ4n) is 3.69. The summed E-state index contributed by atoms with van der Waals surface area (Å²) in [6.07, 6.45) is 3.22. The maximum Gasteiger partial charge on any atom is 0.286 e. The predicted molar refractivity (Wildman–Crippen MR) is 109 cm³/mol. The Morgan fingerprint density at radius 2 is 2.14 bits per heavy atom. The third-order valence-corrected chi connectivity index (χ3v) is 5.38. The maximum atomic E-state index is 11.5. The Morgan fingerprint density at radius 3 is 2.96 bits per heavy atom. The van der Waals surface area contributed by atoms with Gasteiger partial charge in [0.05, 0.1) is 0 Å². The number of primary amides is 1. The molecule has 146 valence electrons. The van der Waals surface area contributed by atoms with Crippen molar-refractivity contribution in [2.24, 2.45) is 5.73 Å². The second-order valence-corrected chi connectivity index (χ2v) is 7.39. The number of aryl methyl sites for hydroxylation is 1. The van der Waals surface area contributed by atoms with Crippen LogP contribution in [-0.4, -0.2) is 48.2 Å². The minimum absolute atomic E-state index is 0.0812. The van der Waals surface area contributed by atoms with Crippen molar-refractivity contribution < 1.29 is 9.53 Å². The topological polar surface area (TPSA) is 93.4 Å². The van der Waals surface area contributed by atoms with Crippen LogP contribution in [-0.2, 0) is 0 Å². The summed E-state index contributed by atoms with van der Waals surface area (Å²) in [5.41, 5.74) is 9.53. The first-order valence-corrected chi connectivity index (χ1v) is 9.56. The molecule has 1 aromatic carbocycles. The first-order valence-electron chi connectivity index (χ1n) is 9.56. The van der Waals surface area contributed by atoms with Crippen LogP contribution in [0, 0.1) is 13.8 Å². The standard InChI is InChI=1S/C21H25N5O2/c1-13-14(2)24-20(19(22)27)25-21(13)26-8-7-17(11-26)23-10-15-9-16-5-3-4-6-18(16)28-12-15/h3-6,9,17,23H,7-8,10-12H2,1-2H3,(H2,22,27)/t17-/m1/s1. The van der Waals surface area contributed by atoms with Gasteiger partial charge in [-0.1, -0.05) is 18.2 Å². The molecule has 2 aliphatic rings. The Bertz CT molecular complexity index is 940. The molecule has 0 bridgehead atoms. The highest BCUT2D eigenvalue weighted by molar-refractivity contribution is 5.89. The molecule has 1 amide bonds. The number of nitrogens with two attached hydrogens (primary N) is 1. The number of rotatable bonds is 5. The van der Waals surface area contributed by atoms with Crippen LogP contribution >= 0.6 is 0 Å². The fourth-order valence-corrected chi connectivity index (χ4v) is 3.69. The highest BCUT2D eigenvalue weighted by atomic mass is 16.5. The highest BCUT2D eigenvalue weighted by Gasteiger charge is 2.26. The van der Waals surface area contributed by atoms with Gasteiger partial charge in [-0.3, -0.25) is 4.79 Å². The van der Waals surface area contributed by atoms with Crippen LogP contribution in [0.1, 0.15) is 33.9 Å². The lowest BCUT2D eigenvalue weighted by molar-refractivity contribution is 0.0990. The molecule has 3 heterocycles. The zero-order valence-corrected chi connectivity index (χ0v) is 16.2. The molecule has 1 fully saturated rings. The summed E-state index contributed by atoms with van der Waals surface area (Å²) in [5, 5.41) is 3.63. The molecule has 1 saturated heterocycles. The number of hydrogen-bond donors (Lipinski definition) is 2. The van der Waals surface area contributed by atoms with E-state index in [2.05, 4.69) is 32.3 Å². The summed E-state index contributed by atoms with van der Waals surface area (Å²) in [4.78, 5) is 22.3. The monoisotopic (exact) mass is 379 g/mol. The molecule has 1 aromatic heterocycles. The minimum Gasteiger partial charge on any atom is -0.489 e. The molecule has 0 aliphatic carbocycles. The Kier molecular flexibility index (Phi) is 5.00. The molecule has 4 rings (SSSR count). The molecule has 0 radical (unpaired) electrons. The third-order valence-electron chi connectivity index (χ3n) is 5.38. The van der Waals surface area contributed by atoms with Gasteiger partial charge in [0.15, 0.2) is 0 Å². The largest absolute Gasteiger partial charge is 0.489 e. The number of amides is 1. The average Bonchev–Trinajstić information content (AvgIpc) is 3.17. The number of nitrogens with one attached hydrogen (secondary N) is 1. The Labute approximate surface area is 164 Å². The maximum absolute atomic E-state index is 11.5. The second kappa shape index (κ2) is 7.59. The van der Waals surface area contributed by atoms with Crippen LogP contribution in [0.3, 0.4) is 0 Å². The molecule has 28 heavy (non-hydrogen) atoms. The summed E-state index contributed by atoms with van der Waals surface area (Å²) >= 11 is 0. The summed E-state index contributed by atoms with van der Waals surface area (Å²) in [7, 11) is 0. The molecule has 1 atom stereocenters. The van der Waals surface area contributed by atoms with Crippen LogP contribution in [0.5, 0.6) is 5.75 Å². The summed E-state index contributed by atoms with van der Waals surface area (Å²) in [6, 6.07) is 8.43. The van der Waals surface area contributed by atoms with Gasteiger partial charge < -0.3 is 20.7 Å². The average molecular weight is 379 g/mol. The normalized spacial score (nSPS) is 18.4. The lowest BCUT2D eigenvalue weighted by atomic mass is 10.1. The number of benzene rings is 1.